The van der Waals surface area contributed by atoms with Gasteiger partial charge in [0, 0.05) is 42.4 Å². The molecule has 168 valence electrons. The molecule has 1 aliphatic heterocycles. The third kappa shape index (κ3) is 4.70. The molecule has 0 spiro atoms. The summed E-state index contributed by atoms with van der Waals surface area (Å²) in [6, 6.07) is 11.1. The molecule has 0 saturated carbocycles. The molecule has 32 heavy (non-hydrogen) atoms. The predicted octanol–water partition coefficient (Wildman–Crippen LogP) is 5.20. The highest BCUT2D eigenvalue weighted by molar-refractivity contribution is 5.67. The van der Waals surface area contributed by atoms with Crippen molar-refractivity contribution in [3.8, 4) is 28.7 Å². The number of nitrogens with zero attached hydrogens (tertiary/aromatic N) is 2. The fraction of sp³-hybridized carbons (Fsp3) is 0.333. The van der Waals surface area contributed by atoms with E-state index in [9.17, 15) is 0 Å². The van der Waals surface area contributed by atoms with Crippen molar-refractivity contribution in [2.75, 3.05) is 33.3 Å². The lowest BCUT2D eigenvalue weighted by Crippen LogP contribution is -2.04. The number of ether oxygens (including phenoxy) is 5. The highest BCUT2D eigenvalue weighted by Crippen LogP contribution is 2.41. The molecule has 2 aromatic heterocycles. The Morgan fingerprint density at radius 2 is 1.75 bits per heavy atom. The number of anilines is 2. The third-order valence-electron chi connectivity index (χ3n) is 5.16. The fourth-order valence-corrected chi connectivity index (χ4v) is 3.65. The van der Waals surface area contributed by atoms with Gasteiger partial charge in [0.1, 0.15) is 23.4 Å². The molecule has 3 aromatic rings. The third-order valence-corrected chi connectivity index (χ3v) is 5.16. The smallest absolute Gasteiger partial charge is 0.203 e. The second-order valence-electron chi connectivity index (χ2n) is 7.36. The Morgan fingerprint density at radius 3 is 2.41 bits per heavy atom. The predicted molar refractivity (Wildman–Crippen MR) is 121 cm³/mol. The van der Waals surface area contributed by atoms with Gasteiger partial charge in [-0.2, -0.15) is 0 Å². The van der Waals surface area contributed by atoms with E-state index in [2.05, 4.69) is 15.3 Å². The highest BCUT2D eigenvalue weighted by atomic mass is 16.5. The zero-order chi connectivity index (χ0) is 22.5. The molecule has 4 rings (SSSR count). The van der Waals surface area contributed by atoms with Gasteiger partial charge in [0.2, 0.25) is 5.75 Å². The van der Waals surface area contributed by atoms with Crippen LogP contribution < -0.4 is 24.3 Å². The largest absolute Gasteiger partial charge is 0.493 e. The summed E-state index contributed by atoms with van der Waals surface area (Å²) in [7, 11) is 4.73. The second-order valence-corrected chi connectivity index (χ2v) is 7.36. The Kier molecular flexibility index (Phi) is 6.61. The molecule has 1 unspecified atom stereocenters. The van der Waals surface area contributed by atoms with Crippen LogP contribution in [0.5, 0.6) is 28.7 Å². The minimum Gasteiger partial charge on any atom is -0.493 e. The van der Waals surface area contributed by atoms with Crippen LogP contribution in [0.25, 0.3) is 0 Å². The van der Waals surface area contributed by atoms with Gasteiger partial charge in [-0.1, -0.05) is 0 Å². The molecule has 0 bridgehead atoms. The van der Waals surface area contributed by atoms with E-state index < -0.39 is 0 Å². The molecule has 1 atom stereocenters. The van der Waals surface area contributed by atoms with Crippen molar-refractivity contribution in [3.63, 3.8) is 0 Å². The van der Waals surface area contributed by atoms with E-state index in [0.717, 1.165) is 36.5 Å². The van der Waals surface area contributed by atoms with Crippen LogP contribution in [0, 0.1) is 6.92 Å². The molecule has 8 nitrogen and oxygen atoms in total. The molecule has 8 heteroatoms. The molecule has 1 aliphatic rings. The average molecular weight is 437 g/mol. The molecule has 1 N–H and O–H groups in total. The molecule has 1 fully saturated rings. The lowest BCUT2D eigenvalue weighted by atomic mass is 10.1. The van der Waals surface area contributed by atoms with E-state index in [4.69, 9.17) is 23.7 Å². The first-order valence-electron chi connectivity index (χ1n) is 10.4. The number of rotatable bonds is 8. The Labute approximate surface area is 187 Å². The van der Waals surface area contributed by atoms with Crippen molar-refractivity contribution < 1.29 is 23.7 Å². The van der Waals surface area contributed by atoms with E-state index >= 15 is 0 Å². The Bertz CT molecular complexity index is 1060. The summed E-state index contributed by atoms with van der Waals surface area (Å²) in [5.74, 6) is 3.56. The summed E-state index contributed by atoms with van der Waals surface area (Å²) < 4.78 is 28.3. The maximum atomic E-state index is 6.19. The van der Waals surface area contributed by atoms with Crippen molar-refractivity contribution in [2.45, 2.75) is 25.9 Å². The summed E-state index contributed by atoms with van der Waals surface area (Å²) >= 11 is 0. The topological polar surface area (TPSA) is 84.0 Å². The zero-order valence-electron chi connectivity index (χ0n) is 18.7. The average Bonchev–Trinajstić information content (AvgIpc) is 3.34. The van der Waals surface area contributed by atoms with Gasteiger partial charge in [0.15, 0.2) is 17.2 Å². The number of benzene rings is 1. The van der Waals surface area contributed by atoms with Gasteiger partial charge in [-0.15, -0.1) is 0 Å². The molecular weight excluding hydrogens is 410 g/mol. The van der Waals surface area contributed by atoms with Crippen LogP contribution in [0.4, 0.5) is 11.5 Å². The van der Waals surface area contributed by atoms with Crippen LogP contribution in [0.2, 0.25) is 0 Å². The van der Waals surface area contributed by atoms with Gasteiger partial charge in [0.25, 0.3) is 0 Å². The maximum absolute atomic E-state index is 6.19. The van der Waals surface area contributed by atoms with Crippen LogP contribution in [0.15, 0.2) is 42.6 Å². The lowest BCUT2D eigenvalue weighted by Gasteiger charge is -2.16. The molecule has 1 saturated heterocycles. The van der Waals surface area contributed by atoms with Gasteiger partial charge >= 0.3 is 0 Å². The van der Waals surface area contributed by atoms with E-state index in [1.165, 1.54) is 0 Å². The molecule has 0 radical (unpaired) electrons. The Balaban J connectivity index is 1.58. The lowest BCUT2D eigenvalue weighted by molar-refractivity contribution is 0.106. The summed E-state index contributed by atoms with van der Waals surface area (Å²) in [5, 5.41) is 3.26. The van der Waals surface area contributed by atoms with E-state index in [1.807, 2.05) is 37.3 Å². The van der Waals surface area contributed by atoms with E-state index in [0.29, 0.717) is 34.6 Å². The molecule has 0 amide bonds. The van der Waals surface area contributed by atoms with Crippen LogP contribution >= 0.6 is 0 Å². The first-order valence-corrected chi connectivity index (χ1v) is 10.4. The first-order chi connectivity index (χ1) is 15.6. The number of hydrogen-bond acceptors (Lipinski definition) is 8. The minimum absolute atomic E-state index is 0.0384. The van der Waals surface area contributed by atoms with Gasteiger partial charge in [-0.3, -0.25) is 4.98 Å². The quantitative estimate of drug-likeness (QED) is 0.515. The van der Waals surface area contributed by atoms with Gasteiger partial charge < -0.3 is 29.0 Å². The number of aryl methyl sites for hydroxylation is 1. The summed E-state index contributed by atoms with van der Waals surface area (Å²) in [6.45, 7) is 2.71. The molecule has 1 aromatic carbocycles. The van der Waals surface area contributed by atoms with Crippen LogP contribution in [0.1, 0.15) is 30.3 Å². The number of methoxy groups -OCH3 is 3. The maximum Gasteiger partial charge on any atom is 0.203 e. The van der Waals surface area contributed by atoms with Crippen molar-refractivity contribution in [3.05, 3.63) is 54.0 Å². The molecule has 3 heterocycles. The van der Waals surface area contributed by atoms with Crippen LogP contribution in [-0.2, 0) is 4.74 Å². The summed E-state index contributed by atoms with van der Waals surface area (Å²) in [5.41, 5.74) is 2.50. The second kappa shape index (κ2) is 9.74. The van der Waals surface area contributed by atoms with E-state index in [-0.39, 0.29) is 6.10 Å². The standard InChI is InChI=1S/C24H27N3O5/c1-15-7-8-19(23(26-15)18-6-5-11-31-18)32-17-9-10-25-22(14-17)27-16-12-20(28-2)24(30-4)21(13-16)29-3/h7-10,12-14,18H,5-6,11H2,1-4H3,(H,25,27). The van der Waals surface area contributed by atoms with Crippen molar-refractivity contribution >= 4 is 11.5 Å². The van der Waals surface area contributed by atoms with E-state index in [1.54, 1.807) is 33.6 Å². The van der Waals surface area contributed by atoms with Crippen LogP contribution in [0.3, 0.4) is 0 Å². The van der Waals surface area contributed by atoms with Gasteiger partial charge in [0.05, 0.1) is 21.3 Å². The van der Waals surface area contributed by atoms with Gasteiger partial charge in [-0.25, -0.2) is 4.98 Å². The number of nitrogens with one attached hydrogen (secondary N) is 1. The Morgan fingerprint density at radius 1 is 0.969 bits per heavy atom. The molecule has 0 aliphatic carbocycles. The zero-order valence-corrected chi connectivity index (χ0v) is 18.7. The summed E-state index contributed by atoms with van der Waals surface area (Å²) in [6.07, 6.45) is 3.61. The normalized spacial score (nSPS) is 15.3. The minimum atomic E-state index is -0.0384. The highest BCUT2D eigenvalue weighted by Gasteiger charge is 2.23. The number of hydrogen-bond donors (Lipinski definition) is 1. The monoisotopic (exact) mass is 437 g/mol. The van der Waals surface area contributed by atoms with Gasteiger partial charge in [-0.05, 0) is 38.0 Å². The summed E-state index contributed by atoms with van der Waals surface area (Å²) in [4.78, 5) is 9.07. The SMILES string of the molecule is COc1cc(Nc2cc(Oc3ccc(C)nc3C3CCCO3)ccn2)cc(OC)c1OC. The van der Waals surface area contributed by atoms with Crippen molar-refractivity contribution in [1.29, 1.82) is 0 Å². The first kappa shape index (κ1) is 21.7. The molecular formula is C24H27N3O5. The van der Waals surface area contributed by atoms with Crippen molar-refractivity contribution in [2.24, 2.45) is 0 Å². The number of pyridine rings is 2. The van der Waals surface area contributed by atoms with Crippen molar-refractivity contribution in [1.82, 2.24) is 9.97 Å². The van der Waals surface area contributed by atoms with Crippen LogP contribution in [-0.4, -0.2) is 37.9 Å². The number of aromatic nitrogens is 2. The Hall–Kier alpha value is -3.52. The fourth-order valence-electron chi connectivity index (χ4n) is 3.65.